The highest BCUT2D eigenvalue weighted by molar-refractivity contribution is 5.45. The van der Waals surface area contributed by atoms with Crippen molar-refractivity contribution in [3.63, 3.8) is 0 Å². The van der Waals surface area contributed by atoms with Crippen LogP contribution in [0.15, 0.2) is 54.6 Å². The Morgan fingerprint density at radius 3 is 2.25 bits per heavy atom. The number of hydrogen-bond acceptors (Lipinski definition) is 2. The number of aliphatic hydroxyl groups excluding tert-OH is 1. The molecule has 2 aromatic rings. The second-order valence-corrected chi connectivity index (χ2v) is 5.22. The van der Waals surface area contributed by atoms with Crippen molar-refractivity contribution >= 4 is 5.69 Å². The van der Waals surface area contributed by atoms with Crippen LogP contribution in [-0.2, 0) is 6.42 Å². The first-order valence-electron chi connectivity index (χ1n) is 7.23. The second kappa shape index (κ2) is 7.11. The van der Waals surface area contributed by atoms with Gasteiger partial charge < -0.3 is 10.0 Å². The smallest absolute Gasteiger partial charge is 0.0964 e. The van der Waals surface area contributed by atoms with Gasteiger partial charge in [0, 0.05) is 19.3 Å². The summed E-state index contributed by atoms with van der Waals surface area (Å²) >= 11 is 0. The number of anilines is 1. The summed E-state index contributed by atoms with van der Waals surface area (Å²) < 4.78 is 0. The van der Waals surface area contributed by atoms with Crippen LogP contribution in [0, 0.1) is 0 Å². The van der Waals surface area contributed by atoms with E-state index in [1.165, 1.54) is 5.56 Å². The molecule has 0 aliphatic heterocycles. The molecule has 20 heavy (non-hydrogen) atoms. The van der Waals surface area contributed by atoms with Crippen LogP contribution in [0.1, 0.15) is 30.6 Å². The Morgan fingerprint density at radius 1 is 1.00 bits per heavy atom. The molecule has 0 aliphatic carbocycles. The van der Waals surface area contributed by atoms with E-state index >= 15 is 0 Å². The van der Waals surface area contributed by atoms with Gasteiger partial charge in [-0.1, -0.05) is 55.8 Å². The molecule has 106 valence electrons. The van der Waals surface area contributed by atoms with Crippen LogP contribution >= 0.6 is 0 Å². The Labute approximate surface area is 121 Å². The molecule has 0 amide bonds. The third-order valence-corrected chi connectivity index (χ3v) is 3.55. The monoisotopic (exact) mass is 269 g/mol. The minimum Gasteiger partial charge on any atom is -0.387 e. The van der Waals surface area contributed by atoms with Crippen LogP contribution in [-0.4, -0.2) is 18.7 Å². The highest BCUT2D eigenvalue weighted by Crippen LogP contribution is 2.19. The molecule has 2 rings (SSSR count). The van der Waals surface area contributed by atoms with Gasteiger partial charge >= 0.3 is 0 Å². The number of aryl methyl sites for hydroxylation is 1. The molecule has 0 heterocycles. The fourth-order valence-electron chi connectivity index (χ4n) is 2.35. The number of likely N-dealkylation sites (N-methyl/N-ethyl adjacent to an activating group) is 1. The van der Waals surface area contributed by atoms with E-state index in [4.69, 9.17) is 0 Å². The molecule has 0 radical (unpaired) electrons. The number of nitrogens with zero attached hydrogens (tertiary/aromatic N) is 1. The van der Waals surface area contributed by atoms with Crippen LogP contribution in [0.2, 0.25) is 0 Å². The van der Waals surface area contributed by atoms with Crippen molar-refractivity contribution in [2.45, 2.75) is 25.9 Å². The summed E-state index contributed by atoms with van der Waals surface area (Å²) in [7, 11) is 2.00. The summed E-state index contributed by atoms with van der Waals surface area (Å²) in [5, 5.41) is 10.3. The van der Waals surface area contributed by atoms with Crippen molar-refractivity contribution in [1.82, 2.24) is 0 Å². The molecule has 2 nitrogen and oxygen atoms in total. The fraction of sp³-hybridized carbons (Fsp3) is 0.333. The maximum absolute atomic E-state index is 10.3. The zero-order valence-electron chi connectivity index (χ0n) is 12.3. The summed E-state index contributed by atoms with van der Waals surface area (Å²) in [4.78, 5) is 2.07. The minimum absolute atomic E-state index is 0.462. The lowest BCUT2D eigenvalue weighted by molar-refractivity contribution is 0.185. The Balaban J connectivity index is 1.99. The number of rotatable bonds is 6. The van der Waals surface area contributed by atoms with E-state index in [9.17, 15) is 5.11 Å². The standard InChI is InChI=1S/C18H23NO/c1-3-7-15-10-12-16(13-11-15)18(20)14-19(2)17-8-5-4-6-9-17/h4-6,8-13,18,20H,3,7,14H2,1-2H3. The molecule has 0 saturated heterocycles. The molecule has 1 N–H and O–H groups in total. The first-order chi connectivity index (χ1) is 9.70. The average Bonchev–Trinajstić information content (AvgIpc) is 2.49. The summed E-state index contributed by atoms with van der Waals surface area (Å²) in [5.41, 5.74) is 3.43. The summed E-state index contributed by atoms with van der Waals surface area (Å²) in [6.07, 6.45) is 1.79. The van der Waals surface area contributed by atoms with E-state index in [1.54, 1.807) is 0 Å². The van der Waals surface area contributed by atoms with Gasteiger partial charge in [-0.15, -0.1) is 0 Å². The summed E-state index contributed by atoms with van der Waals surface area (Å²) in [5.74, 6) is 0. The van der Waals surface area contributed by atoms with Gasteiger partial charge in [0.15, 0.2) is 0 Å². The third-order valence-electron chi connectivity index (χ3n) is 3.55. The van der Waals surface area contributed by atoms with E-state index in [0.29, 0.717) is 6.54 Å². The normalized spacial score (nSPS) is 12.2. The molecule has 2 heteroatoms. The van der Waals surface area contributed by atoms with Gasteiger partial charge in [-0.2, -0.15) is 0 Å². The zero-order chi connectivity index (χ0) is 14.4. The minimum atomic E-state index is -0.462. The molecular formula is C18H23NO. The molecular weight excluding hydrogens is 246 g/mol. The predicted molar refractivity (Wildman–Crippen MR) is 85.1 cm³/mol. The lowest BCUT2D eigenvalue weighted by Gasteiger charge is -2.23. The van der Waals surface area contributed by atoms with Crippen molar-refractivity contribution in [3.05, 3.63) is 65.7 Å². The molecule has 0 bridgehead atoms. The van der Waals surface area contributed by atoms with E-state index < -0.39 is 6.10 Å². The number of para-hydroxylation sites is 1. The number of hydrogen-bond donors (Lipinski definition) is 1. The largest absolute Gasteiger partial charge is 0.387 e. The van der Waals surface area contributed by atoms with Gasteiger partial charge in [-0.05, 0) is 29.7 Å². The van der Waals surface area contributed by atoms with Gasteiger partial charge in [0.2, 0.25) is 0 Å². The number of aliphatic hydroxyl groups is 1. The predicted octanol–water partition coefficient (Wildman–Crippen LogP) is 3.81. The topological polar surface area (TPSA) is 23.5 Å². The molecule has 2 aromatic carbocycles. The van der Waals surface area contributed by atoms with Crippen LogP contribution in [0.25, 0.3) is 0 Å². The zero-order valence-corrected chi connectivity index (χ0v) is 12.3. The van der Waals surface area contributed by atoms with Crippen LogP contribution < -0.4 is 4.90 Å². The van der Waals surface area contributed by atoms with Crippen LogP contribution in [0.5, 0.6) is 0 Å². The van der Waals surface area contributed by atoms with Crippen molar-refractivity contribution in [2.24, 2.45) is 0 Å². The number of benzene rings is 2. The summed E-state index contributed by atoms with van der Waals surface area (Å²) in [6.45, 7) is 2.77. The molecule has 0 aliphatic rings. The highest BCUT2D eigenvalue weighted by atomic mass is 16.3. The first-order valence-corrected chi connectivity index (χ1v) is 7.23. The van der Waals surface area contributed by atoms with E-state index in [0.717, 1.165) is 24.1 Å². The second-order valence-electron chi connectivity index (χ2n) is 5.22. The van der Waals surface area contributed by atoms with Crippen LogP contribution in [0.3, 0.4) is 0 Å². The van der Waals surface area contributed by atoms with E-state index in [1.807, 2.05) is 37.4 Å². The Hall–Kier alpha value is -1.80. The van der Waals surface area contributed by atoms with E-state index in [2.05, 4.69) is 36.1 Å². The van der Waals surface area contributed by atoms with Gasteiger partial charge in [-0.25, -0.2) is 0 Å². The van der Waals surface area contributed by atoms with Gasteiger partial charge in [-0.3, -0.25) is 0 Å². The first kappa shape index (κ1) is 14.6. The highest BCUT2D eigenvalue weighted by Gasteiger charge is 2.11. The summed E-state index contributed by atoms with van der Waals surface area (Å²) in [6, 6.07) is 18.4. The lowest BCUT2D eigenvalue weighted by atomic mass is 10.0. The van der Waals surface area contributed by atoms with Gasteiger partial charge in [0.1, 0.15) is 0 Å². The van der Waals surface area contributed by atoms with Crippen molar-refractivity contribution in [3.8, 4) is 0 Å². The Morgan fingerprint density at radius 2 is 1.65 bits per heavy atom. The van der Waals surface area contributed by atoms with Gasteiger partial charge in [0.05, 0.1) is 6.10 Å². The fourth-order valence-corrected chi connectivity index (χ4v) is 2.35. The SMILES string of the molecule is CCCc1ccc(C(O)CN(C)c2ccccc2)cc1. The molecule has 1 atom stereocenters. The lowest BCUT2D eigenvalue weighted by Crippen LogP contribution is -2.24. The third kappa shape index (κ3) is 3.84. The average molecular weight is 269 g/mol. The van der Waals surface area contributed by atoms with Crippen molar-refractivity contribution < 1.29 is 5.11 Å². The van der Waals surface area contributed by atoms with E-state index in [-0.39, 0.29) is 0 Å². The Bertz CT molecular complexity index is 507. The van der Waals surface area contributed by atoms with Crippen molar-refractivity contribution in [1.29, 1.82) is 0 Å². The molecule has 0 saturated carbocycles. The maximum Gasteiger partial charge on any atom is 0.0964 e. The molecule has 0 aromatic heterocycles. The Kier molecular flexibility index (Phi) is 5.19. The van der Waals surface area contributed by atoms with Crippen molar-refractivity contribution in [2.75, 3.05) is 18.5 Å². The van der Waals surface area contributed by atoms with Crippen LogP contribution in [0.4, 0.5) is 5.69 Å². The quantitative estimate of drug-likeness (QED) is 0.862. The molecule has 0 fully saturated rings. The maximum atomic E-state index is 10.3. The van der Waals surface area contributed by atoms with Gasteiger partial charge in [0.25, 0.3) is 0 Å². The molecule has 0 spiro atoms. The molecule has 1 unspecified atom stereocenters.